The van der Waals surface area contributed by atoms with E-state index in [2.05, 4.69) is 20.8 Å². The first-order valence-corrected chi connectivity index (χ1v) is 10.9. The van der Waals surface area contributed by atoms with E-state index in [9.17, 15) is 14.7 Å². The number of benzene rings is 2. The number of aliphatic hydroxyl groups excluding tert-OH is 1. The summed E-state index contributed by atoms with van der Waals surface area (Å²) in [5, 5.41) is 11.0. The summed E-state index contributed by atoms with van der Waals surface area (Å²) in [6.07, 6.45) is 4.05. The molecule has 0 aliphatic carbocycles. The van der Waals surface area contributed by atoms with Crippen LogP contribution in [0.5, 0.6) is 0 Å². The summed E-state index contributed by atoms with van der Waals surface area (Å²) >= 11 is 0. The fraction of sp³-hybridized carbons (Fsp3) is 0.385. The van der Waals surface area contributed by atoms with Crippen molar-refractivity contribution >= 4 is 17.4 Å². The van der Waals surface area contributed by atoms with Crippen LogP contribution in [0.2, 0.25) is 0 Å². The van der Waals surface area contributed by atoms with Crippen LogP contribution in [-0.4, -0.2) is 28.2 Å². The van der Waals surface area contributed by atoms with E-state index in [1.807, 2.05) is 42.5 Å². The highest BCUT2D eigenvalue weighted by Gasteiger charge is 2.45. The number of nitrogens with zero attached hydrogens (tertiary/aromatic N) is 1. The summed E-state index contributed by atoms with van der Waals surface area (Å²) in [4.78, 5) is 27.5. The van der Waals surface area contributed by atoms with Crippen LogP contribution in [-0.2, 0) is 9.59 Å². The van der Waals surface area contributed by atoms with Gasteiger partial charge < -0.3 is 10.0 Å². The number of carbonyl (C=O) groups excluding carboxylic acids is 2. The van der Waals surface area contributed by atoms with Gasteiger partial charge in [-0.1, -0.05) is 94.6 Å². The highest BCUT2D eigenvalue weighted by Crippen LogP contribution is 2.39. The number of hydrogen-bond acceptors (Lipinski definition) is 3. The Labute approximate surface area is 179 Å². The molecule has 1 aliphatic rings. The number of ketones is 1. The zero-order valence-electron chi connectivity index (χ0n) is 18.1. The van der Waals surface area contributed by atoms with Crippen molar-refractivity contribution in [3.63, 3.8) is 0 Å². The molecule has 2 aromatic carbocycles. The van der Waals surface area contributed by atoms with E-state index in [0.717, 1.165) is 31.2 Å². The number of amides is 1. The number of hydrogen-bond donors (Lipinski definition) is 1. The number of rotatable bonds is 8. The molecule has 0 aromatic heterocycles. The molecule has 1 unspecified atom stereocenters. The molecule has 0 radical (unpaired) electrons. The third-order valence-corrected chi connectivity index (χ3v) is 5.76. The summed E-state index contributed by atoms with van der Waals surface area (Å²) < 4.78 is 0. The fourth-order valence-corrected chi connectivity index (χ4v) is 3.98. The van der Waals surface area contributed by atoms with Gasteiger partial charge in [0.25, 0.3) is 11.7 Å². The second-order valence-electron chi connectivity index (χ2n) is 8.24. The smallest absolute Gasteiger partial charge is 0.295 e. The van der Waals surface area contributed by atoms with E-state index in [1.54, 1.807) is 17.0 Å². The monoisotopic (exact) mass is 405 g/mol. The topological polar surface area (TPSA) is 57.6 Å². The Hall–Kier alpha value is -2.88. The Morgan fingerprint density at radius 1 is 0.967 bits per heavy atom. The van der Waals surface area contributed by atoms with Crippen molar-refractivity contribution in [2.45, 2.75) is 58.4 Å². The highest BCUT2D eigenvalue weighted by molar-refractivity contribution is 6.46. The van der Waals surface area contributed by atoms with Crippen LogP contribution in [0, 0.1) is 0 Å². The van der Waals surface area contributed by atoms with Gasteiger partial charge >= 0.3 is 0 Å². The second kappa shape index (κ2) is 9.75. The SMILES string of the molecule is CCCCCCN1C(=O)C(=O)C(=C(O)c2ccccc2)C1c1ccc(C(C)C)cc1. The van der Waals surface area contributed by atoms with Gasteiger partial charge in [0, 0.05) is 12.1 Å². The maximum Gasteiger partial charge on any atom is 0.295 e. The number of carbonyl (C=O) groups is 2. The lowest BCUT2D eigenvalue weighted by Gasteiger charge is -2.25. The lowest BCUT2D eigenvalue weighted by Crippen LogP contribution is -2.30. The van der Waals surface area contributed by atoms with E-state index < -0.39 is 17.7 Å². The van der Waals surface area contributed by atoms with Crippen LogP contribution < -0.4 is 0 Å². The van der Waals surface area contributed by atoms with Crippen LogP contribution in [0.25, 0.3) is 5.76 Å². The summed E-state index contributed by atoms with van der Waals surface area (Å²) in [6, 6.07) is 16.4. The number of aliphatic hydroxyl groups is 1. The van der Waals surface area contributed by atoms with Crippen molar-refractivity contribution in [2.75, 3.05) is 6.54 Å². The Morgan fingerprint density at radius 2 is 1.63 bits per heavy atom. The summed E-state index contributed by atoms with van der Waals surface area (Å²) in [5.74, 6) is -0.849. The Bertz CT molecular complexity index is 913. The predicted octanol–water partition coefficient (Wildman–Crippen LogP) is 5.81. The Balaban J connectivity index is 2.05. The van der Waals surface area contributed by atoms with Gasteiger partial charge in [-0.15, -0.1) is 0 Å². The molecule has 3 rings (SSSR count). The molecule has 0 bridgehead atoms. The van der Waals surface area contributed by atoms with Crippen molar-refractivity contribution in [1.29, 1.82) is 0 Å². The second-order valence-corrected chi connectivity index (χ2v) is 8.24. The summed E-state index contributed by atoms with van der Waals surface area (Å²) in [7, 11) is 0. The van der Waals surface area contributed by atoms with E-state index >= 15 is 0 Å². The molecule has 1 saturated heterocycles. The van der Waals surface area contributed by atoms with Crippen molar-refractivity contribution in [3.8, 4) is 0 Å². The average molecular weight is 406 g/mol. The van der Waals surface area contributed by atoms with Gasteiger partial charge in [0.15, 0.2) is 0 Å². The Morgan fingerprint density at radius 3 is 2.23 bits per heavy atom. The largest absolute Gasteiger partial charge is 0.507 e. The minimum absolute atomic E-state index is 0.108. The van der Waals surface area contributed by atoms with E-state index in [-0.39, 0.29) is 11.3 Å². The highest BCUT2D eigenvalue weighted by atomic mass is 16.3. The van der Waals surface area contributed by atoms with Crippen LogP contribution in [0.15, 0.2) is 60.2 Å². The number of Topliss-reactive ketones (excluding diaryl/α,β-unsaturated/α-hetero) is 1. The molecule has 1 amide bonds. The van der Waals surface area contributed by atoms with Crippen LogP contribution in [0.4, 0.5) is 0 Å². The van der Waals surface area contributed by atoms with E-state index in [1.165, 1.54) is 5.56 Å². The first kappa shape index (κ1) is 21.8. The van der Waals surface area contributed by atoms with Crippen LogP contribution in [0.3, 0.4) is 0 Å². The predicted molar refractivity (Wildman–Crippen MR) is 120 cm³/mol. The molecule has 30 heavy (non-hydrogen) atoms. The number of unbranched alkanes of at least 4 members (excludes halogenated alkanes) is 3. The van der Waals surface area contributed by atoms with Gasteiger partial charge in [0.1, 0.15) is 5.76 Å². The van der Waals surface area contributed by atoms with Gasteiger partial charge in [-0.2, -0.15) is 0 Å². The molecule has 0 saturated carbocycles. The maximum atomic E-state index is 13.0. The van der Waals surface area contributed by atoms with Gasteiger partial charge in [-0.3, -0.25) is 9.59 Å². The molecule has 1 atom stereocenters. The third kappa shape index (κ3) is 4.48. The molecule has 4 nitrogen and oxygen atoms in total. The van der Waals surface area contributed by atoms with Crippen LogP contribution >= 0.6 is 0 Å². The third-order valence-electron chi connectivity index (χ3n) is 5.76. The van der Waals surface area contributed by atoms with Gasteiger partial charge in [0.2, 0.25) is 0 Å². The first-order valence-electron chi connectivity index (χ1n) is 10.9. The van der Waals surface area contributed by atoms with Gasteiger partial charge in [0.05, 0.1) is 11.6 Å². The zero-order chi connectivity index (χ0) is 21.7. The van der Waals surface area contributed by atoms with E-state index in [0.29, 0.717) is 18.0 Å². The molecule has 1 aliphatic heterocycles. The quantitative estimate of drug-likeness (QED) is 0.261. The molecule has 158 valence electrons. The van der Waals surface area contributed by atoms with Crippen molar-refractivity contribution in [2.24, 2.45) is 0 Å². The normalized spacial score (nSPS) is 18.4. The first-order chi connectivity index (χ1) is 14.5. The molecule has 1 fully saturated rings. The molecular weight excluding hydrogens is 374 g/mol. The average Bonchev–Trinajstić information content (AvgIpc) is 3.01. The zero-order valence-corrected chi connectivity index (χ0v) is 18.1. The lowest BCUT2D eigenvalue weighted by atomic mass is 9.93. The molecule has 1 heterocycles. The fourth-order valence-electron chi connectivity index (χ4n) is 3.98. The van der Waals surface area contributed by atoms with Crippen LogP contribution in [0.1, 0.15) is 75.1 Å². The van der Waals surface area contributed by atoms with Gasteiger partial charge in [-0.05, 0) is 23.5 Å². The molecular formula is C26H31NO3. The standard InChI is InChI=1S/C26H31NO3/c1-4-5-6-10-17-27-23(20-15-13-19(14-16-20)18(2)3)22(25(29)26(27)30)24(28)21-11-8-7-9-12-21/h7-9,11-16,18,23,28H,4-6,10,17H2,1-3H3. The molecule has 4 heteroatoms. The van der Waals surface area contributed by atoms with E-state index in [4.69, 9.17) is 0 Å². The summed E-state index contributed by atoms with van der Waals surface area (Å²) in [5.41, 5.74) is 2.78. The molecule has 2 aromatic rings. The molecule has 0 spiro atoms. The number of likely N-dealkylation sites (tertiary alicyclic amines) is 1. The van der Waals surface area contributed by atoms with Crippen molar-refractivity contribution in [1.82, 2.24) is 4.90 Å². The van der Waals surface area contributed by atoms with Crippen molar-refractivity contribution < 1.29 is 14.7 Å². The Kier molecular flexibility index (Phi) is 7.09. The lowest BCUT2D eigenvalue weighted by molar-refractivity contribution is -0.139. The van der Waals surface area contributed by atoms with Crippen molar-refractivity contribution in [3.05, 3.63) is 76.9 Å². The maximum absolute atomic E-state index is 13.0. The minimum Gasteiger partial charge on any atom is -0.507 e. The van der Waals surface area contributed by atoms with Gasteiger partial charge in [-0.25, -0.2) is 0 Å². The minimum atomic E-state index is -0.607. The molecule has 1 N–H and O–H groups in total. The summed E-state index contributed by atoms with van der Waals surface area (Å²) in [6.45, 7) is 6.91.